The number of nitrogens with two attached hydrogens (primary N) is 1. The lowest BCUT2D eigenvalue weighted by molar-refractivity contribution is 0.207. The lowest BCUT2D eigenvalue weighted by atomic mass is 9.81. The molecule has 214 valence electrons. The van der Waals surface area contributed by atoms with Crippen LogP contribution >= 0.6 is 11.6 Å². The molecule has 9 nitrogen and oxygen atoms in total. The summed E-state index contributed by atoms with van der Waals surface area (Å²) < 4.78 is 20.9. The van der Waals surface area contributed by atoms with E-state index in [2.05, 4.69) is 26.8 Å². The lowest BCUT2D eigenvalue weighted by Crippen LogP contribution is -2.21. The van der Waals surface area contributed by atoms with Gasteiger partial charge in [-0.15, -0.1) is 0 Å². The number of rotatable bonds is 8. The van der Waals surface area contributed by atoms with Crippen LogP contribution < -0.4 is 11.1 Å². The number of halogens is 2. The van der Waals surface area contributed by atoms with Gasteiger partial charge in [0.25, 0.3) is 5.90 Å². The molecule has 2 aromatic carbocycles. The summed E-state index contributed by atoms with van der Waals surface area (Å²) in [6.07, 6.45) is 4.61. The first-order chi connectivity index (χ1) is 19.7. The minimum Gasteiger partial charge on any atom is -0.388 e. The van der Waals surface area contributed by atoms with Gasteiger partial charge in [-0.3, -0.25) is 5.41 Å². The summed E-state index contributed by atoms with van der Waals surface area (Å²) in [5.41, 5.74) is 8.09. The fourth-order valence-electron chi connectivity index (χ4n) is 5.54. The molecular weight excluding hydrogens is 545 g/mol. The molecule has 0 saturated heterocycles. The number of carbonyl (C=O) groups is 1. The van der Waals surface area contributed by atoms with Crippen molar-refractivity contribution in [2.24, 2.45) is 17.6 Å². The first-order valence-corrected chi connectivity index (χ1v) is 14.2. The minimum absolute atomic E-state index is 0.135. The summed E-state index contributed by atoms with van der Waals surface area (Å²) in [5.74, 6) is 0.682. The minimum atomic E-state index is -1.14. The van der Waals surface area contributed by atoms with Crippen LogP contribution in [0.25, 0.3) is 22.4 Å². The highest BCUT2D eigenvalue weighted by atomic mass is 35.5. The number of carbonyl (C=O) groups excluding carboxylic acids is 1. The maximum atomic E-state index is 14.0. The summed E-state index contributed by atoms with van der Waals surface area (Å²) in [7, 11) is 0. The Kier molecular flexibility index (Phi) is 8.49. The van der Waals surface area contributed by atoms with E-state index in [1.807, 2.05) is 25.1 Å². The topological polar surface area (TPSA) is 132 Å². The van der Waals surface area contributed by atoms with Crippen LogP contribution in [0.15, 0.2) is 48.5 Å². The number of ether oxygens (including phenoxy) is 1. The molecule has 0 radical (unpaired) electrons. The monoisotopic (exact) mass is 577 g/mol. The van der Waals surface area contributed by atoms with Gasteiger partial charge in [-0.2, -0.15) is 4.98 Å². The van der Waals surface area contributed by atoms with Gasteiger partial charge in [-0.1, -0.05) is 62.1 Å². The number of benzene rings is 2. The SMILES string of the molecule is CCC1CCC(Cn2c(NC(C)c3cccc(F)c3)nc3nc(C(=N)OC(N)=O)nc(-c4cccc(Cl)c4)c32)CC1. The number of anilines is 1. The molecule has 2 aromatic heterocycles. The Labute approximate surface area is 242 Å². The van der Waals surface area contributed by atoms with E-state index in [0.717, 1.165) is 24.3 Å². The van der Waals surface area contributed by atoms with Crippen LogP contribution in [0.4, 0.5) is 15.1 Å². The summed E-state index contributed by atoms with van der Waals surface area (Å²) in [6, 6.07) is 13.4. The Morgan fingerprint density at radius 1 is 1.15 bits per heavy atom. The molecule has 1 atom stereocenters. The number of amides is 1. The van der Waals surface area contributed by atoms with Gasteiger partial charge in [-0.05, 0) is 61.4 Å². The maximum absolute atomic E-state index is 14.0. The second-order valence-corrected chi connectivity index (χ2v) is 11.0. The van der Waals surface area contributed by atoms with Crippen molar-refractivity contribution in [2.45, 2.75) is 58.5 Å². The summed E-state index contributed by atoms with van der Waals surface area (Å²) in [5, 5.41) is 12.2. The normalized spacial score (nSPS) is 17.8. The molecule has 0 aliphatic heterocycles. The molecule has 0 spiro atoms. The Bertz CT molecular complexity index is 1580. The van der Waals surface area contributed by atoms with E-state index >= 15 is 0 Å². The quantitative estimate of drug-likeness (QED) is 0.151. The van der Waals surface area contributed by atoms with Crippen LogP contribution in [0.5, 0.6) is 0 Å². The third-order valence-electron chi connectivity index (χ3n) is 7.79. The van der Waals surface area contributed by atoms with E-state index in [-0.39, 0.29) is 17.7 Å². The van der Waals surface area contributed by atoms with Crippen molar-refractivity contribution in [3.8, 4) is 11.3 Å². The van der Waals surface area contributed by atoms with E-state index in [0.29, 0.717) is 45.9 Å². The standard InChI is InChI=1S/C30H33ClFN7O2/c1-3-18-10-12-19(13-11-18)16-39-25-24(21-7-4-8-22(31)14-21)36-28(26(33)41-29(34)40)37-27(25)38-30(39)35-17(2)20-6-5-9-23(32)15-20/h4-9,14-15,17-19,33H,3,10-13,16H2,1-2H3,(H2,34,40)(H,35,36,37,38). The second kappa shape index (κ2) is 12.2. The highest BCUT2D eigenvalue weighted by Gasteiger charge is 2.27. The molecule has 1 saturated carbocycles. The lowest BCUT2D eigenvalue weighted by Gasteiger charge is -2.29. The highest BCUT2D eigenvalue weighted by Crippen LogP contribution is 2.36. The van der Waals surface area contributed by atoms with Crippen LogP contribution in [0.2, 0.25) is 5.02 Å². The van der Waals surface area contributed by atoms with Gasteiger partial charge in [0.15, 0.2) is 5.65 Å². The zero-order valence-corrected chi connectivity index (χ0v) is 23.8. The molecule has 1 unspecified atom stereocenters. The molecule has 0 bridgehead atoms. The number of primary amides is 1. The van der Waals surface area contributed by atoms with E-state index < -0.39 is 12.0 Å². The molecule has 4 aromatic rings. The molecule has 11 heteroatoms. The Morgan fingerprint density at radius 3 is 2.56 bits per heavy atom. The third-order valence-corrected chi connectivity index (χ3v) is 8.02. The smallest absolute Gasteiger partial charge is 0.388 e. The Balaban J connectivity index is 1.65. The zero-order chi connectivity index (χ0) is 29.1. The molecule has 1 aliphatic carbocycles. The molecular formula is C30H33ClFN7O2. The van der Waals surface area contributed by atoms with Crippen molar-refractivity contribution in [2.75, 3.05) is 5.32 Å². The zero-order valence-electron chi connectivity index (χ0n) is 23.0. The molecule has 1 amide bonds. The Hall–Kier alpha value is -4.05. The van der Waals surface area contributed by atoms with Crippen LogP contribution in [0.3, 0.4) is 0 Å². The van der Waals surface area contributed by atoms with Gasteiger partial charge in [0.1, 0.15) is 17.0 Å². The molecule has 5 rings (SSSR count). The van der Waals surface area contributed by atoms with E-state index in [9.17, 15) is 9.18 Å². The predicted molar refractivity (Wildman–Crippen MR) is 157 cm³/mol. The van der Waals surface area contributed by atoms with E-state index in [4.69, 9.17) is 32.5 Å². The van der Waals surface area contributed by atoms with Crippen LogP contribution in [-0.2, 0) is 11.3 Å². The van der Waals surface area contributed by atoms with Crippen LogP contribution in [-0.4, -0.2) is 31.5 Å². The predicted octanol–water partition coefficient (Wildman–Crippen LogP) is 7.10. The fraction of sp³-hybridized carbons (Fsp3) is 0.367. The molecule has 1 aliphatic rings. The highest BCUT2D eigenvalue weighted by molar-refractivity contribution is 6.30. The second-order valence-electron chi connectivity index (χ2n) is 10.6. The van der Waals surface area contributed by atoms with Gasteiger partial charge in [0.05, 0.1) is 6.04 Å². The number of nitrogens with one attached hydrogen (secondary N) is 2. The van der Waals surface area contributed by atoms with Gasteiger partial charge in [0.2, 0.25) is 11.8 Å². The molecule has 4 N–H and O–H groups in total. The van der Waals surface area contributed by atoms with Gasteiger partial charge in [-0.25, -0.2) is 19.2 Å². The largest absolute Gasteiger partial charge is 0.411 e. The van der Waals surface area contributed by atoms with Crippen LogP contribution in [0.1, 0.15) is 63.4 Å². The van der Waals surface area contributed by atoms with Crippen molar-refractivity contribution in [3.05, 3.63) is 70.8 Å². The van der Waals surface area contributed by atoms with Crippen molar-refractivity contribution >= 4 is 40.7 Å². The first-order valence-electron chi connectivity index (χ1n) is 13.8. The number of imidazole rings is 1. The molecule has 1 fully saturated rings. The summed E-state index contributed by atoms with van der Waals surface area (Å²) in [4.78, 5) is 25.4. The van der Waals surface area contributed by atoms with Gasteiger partial charge in [0, 0.05) is 17.1 Å². The third kappa shape index (κ3) is 6.48. The van der Waals surface area contributed by atoms with Gasteiger partial charge >= 0.3 is 6.09 Å². The molecule has 2 heterocycles. The number of nitrogens with zero attached hydrogens (tertiary/aromatic N) is 4. The fourth-order valence-corrected chi connectivity index (χ4v) is 5.73. The van der Waals surface area contributed by atoms with Crippen LogP contribution in [0, 0.1) is 23.1 Å². The van der Waals surface area contributed by atoms with Crippen molar-refractivity contribution in [1.29, 1.82) is 5.41 Å². The number of aromatic nitrogens is 4. The van der Waals surface area contributed by atoms with Crippen molar-refractivity contribution in [1.82, 2.24) is 19.5 Å². The van der Waals surface area contributed by atoms with Crippen molar-refractivity contribution < 1.29 is 13.9 Å². The van der Waals surface area contributed by atoms with E-state index in [1.54, 1.807) is 18.2 Å². The number of hydrogen-bond acceptors (Lipinski definition) is 7. The van der Waals surface area contributed by atoms with Gasteiger partial charge < -0.3 is 20.4 Å². The summed E-state index contributed by atoms with van der Waals surface area (Å²) in [6.45, 7) is 4.86. The molecule has 41 heavy (non-hydrogen) atoms. The maximum Gasteiger partial charge on any atom is 0.411 e. The number of fused-ring (bicyclic) bond motifs is 1. The average Bonchev–Trinajstić information content (AvgIpc) is 3.29. The Morgan fingerprint density at radius 2 is 1.88 bits per heavy atom. The number of hydrogen-bond donors (Lipinski definition) is 3. The van der Waals surface area contributed by atoms with Crippen molar-refractivity contribution in [3.63, 3.8) is 0 Å². The average molecular weight is 578 g/mol. The summed E-state index contributed by atoms with van der Waals surface area (Å²) >= 11 is 6.36. The van der Waals surface area contributed by atoms with E-state index in [1.165, 1.54) is 31.4 Å². The first kappa shape index (κ1) is 28.5.